The molecule has 2 aromatic rings. The number of rotatable bonds is 7. The zero-order valence-electron chi connectivity index (χ0n) is 12.2. The molecule has 0 saturated heterocycles. The van der Waals surface area contributed by atoms with Gasteiger partial charge >= 0.3 is 0 Å². The molecule has 0 aliphatic rings. The molecule has 1 atom stereocenters. The molecule has 1 aromatic carbocycles. The van der Waals surface area contributed by atoms with Gasteiger partial charge in [0.1, 0.15) is 0 Å². The summed E-state index contributed by atoms with van der Waals surface area (Å²) in [5.74, 6) is 0. The second-order valence-electron chi connectivity index (χ2n) is 5.38. The highest BCUT2D eigenvalue weighted by atomic mass is 32.1. The van der Waals surface area contributed by atoms with Gasteiger partial charge in [0.25, 0.3) is 0 Å². The van der Waals surface area contributed by atoms with E-state index in [0.717, 1.165) is 10.6 Å². The van der Waals surface area contributed by atoms with Crippen LogP contribution in [0.2, 0.25) is 0 Å². The minimum absolute atomic E-state index is 0.513. The Morgan fingerprint density at radius 1 is 1.26 bits per heavy atom. The largest absolute Gasteiger partial charge is 0.359 e. The molecule has 0 aliphatic carbocycles. The molecule has 2 nitrogen and oxygen atoms in total. The van der Waals surface area contributed by atoms with Gasteiger partial charge in [-0.25, -0.2) is 4.98 Å². The van der Waals surface area contributed by atoms with Crippen LogP contribution in [0.4, 0.5) is 5.13 Å². The third kappa shape index (κ3) is 4.20. The Morgan fingerprint density at radius 3 is 2.89 bits per heavy atom. The van der Waals surface area contributed by atoms with E-state index in [0.29, 0.717) is 6.04 Å². The van der Waals surface area contributed by atoms with Crippen LogP contribution in [0.5, 0.6) is 0 Å². The summed E-state index contributed by atoms with van der Waals surface area (Å²) in [4.78, 5) is 4.65. The van der Waals surface area contributed by atoms with E-state index < -0.39 is 0 Å². The molecule has 1 unspecified atom stereocenters. The average Bonchev–Trinajstić information content (AvgIpc) is 2.76. The van der Waals surface area contributed by atoms with E-state index in [1.165, 1.54) is 42.4 Å². The Balaban J connectivity index is 1.89. The normalized spacial score (nSPS) is 12.8. The monoisotopic (exact) mass is 276 g/mol. The van der Waals surface area contributed by atoms with Gasteiger partial charge in [-0.15, -0.1) is 0 Å². The van der Waals surface area contributed by atoms with E-state index >= 15 is 0 Å². The molecular weight excluding hydrogens is 252 g/mol. The van der Waals surface area contributed by atoms with E-state index in [-0.39, 0.29) is 0 Å². The SMILES string of the molecule is CCCCCCC(C)Nc1nc2ccc(C)cc2s1. The summed E-state index contributed by atoms with van der Waals surface area (Å²) in [7, 11) is 0. The molecule has 1 heterocycles. The number of unbranched alkanes of at least 4 members (excludes halogenated alkanes) is 3. The fourth-order valence-electron chi connectivity index (χ4n) is 2.25. The fourth-order valence-corrected chi connectivity index (χ4v) is 3.33. The van der Waals surface area contributed by atoms with Crippen LogP contribution < -0.4 is 5.32 Å². The van der Waals surface area contributed by atoms with Crippen LogP contribution in [-0.2, 0) is 0 Å². The van der Waals surface area contributed by atoms with E-state index in [1.807, 2.05) is 0 Å². The van der Waals surface area contributed by atoms with Gasteiger partial charge in [-0.2, -0.15) is 0 Å². The van der Waals surface area contributed by atoms with Gasteiger partial charge in [-0.1, -0.05) is 50.0 Å². The lowest BCUT2D eigenvalue weighted by atomic mass is 10.1. The van der Waals surface area contributed by atoms with Crippen molar-refractivity contribution in [3.05, 3.63) is 23.8 Å². The summed E-state index contributed by atoms with van der Waals surface area (Å²) in [5, 5.41) is 4.59. The van der Waals surface area contributed by atoms with Crippen LogP contribution >= 0.6 is 11.3 Å². The van der Waals surface area contributed by atoms with Gasteiger partial charge in [0, 0.05) is 6.04 Å². The van der Waals surface area contributed by atoms with Gasteiger partial charge in [-0.05, 0) is 38.0 Å². The smallest absolute Gasteiger partial charge is 0.183 e. The first-order chi connectivity index (χ1) is 9.19. The van der Waals surface area contributed by atoms with Gasteiger partial charge in [0.05, 0.1) is 10.2 Å². The number of benzene rings is 1. The maximum atomic E-state index is 4.65. The summed E-state index contributed by atoms with van der Waals surface area (Å²) >= 11 is 1.76. The van der Waals surface area contributed by atoms with Crippen molar-refractivity contribution in [2.45, 2.75) is 58.9 Å². The van der Waals surface area contributed by atoms with E-state index in [4.69, 9.17) is 0 Å². The standard InChI is InChI=1S/C16H24N2S/c1-4-5-6-7-8-13(3)17-16-18-14-10-9-12(2)11-15(14)19-16/h9-11,13H,4-8H2,1-3H3,(H,17,18). The average molecular weight is 276 g/mol. The lowest BCUT2D eigenvalue weighted by Crippen LogP contribution is -2.14. The van der Waals surface area contributed by atoms with E-state index in [9.17, 15) is 0 Å². The molecular formula is C16H24N2S. The summed E-state index contributed by atoms with van der Waals surface area (Å²) in [5.41, 5.74) is 2.41. The van der Waals surface area contributed by atoms with Crippen molar-refractivity contribution in [2.75, 3.05) is 5.32 Å². The molecule has 3 heteroatoms. The van der Waals surface area contributed by atoms with Crippen LogP contribution in [0, 0.1) is 6.92 Å². The summed E-state index contributed by atoms with van der Waals surface area (Å²) in [6.07, 6.45) is 6.55. The summed E-state index contributed by atoms with van der Waals surface area (Å²) in [6.45, 7) is 6.64. The van der Waals surface area contributed by atoms with Crippen molar-refractivity contribution in [3.8, 4) is 0 Å². The topological polar surface area (TPSA) is 24.9 Å². The van der Waals surface area contributed by atoms with Crippen molar-refractivity contribution < 1.29 is 0 Å². The Bertz CT molecular complexity index is 518. The highest BCUT2D eigenvalue weighted by Crippen LogP contribution is 2.27. The number of hydrogen-bond donors (Lipinski definition) is 1. The summed E-state index contributed by atoms with van der Waals surface area (Å²) < 4.78 is 1.28. The number of anilines is 1. The first kappa shape index (κ1) is 14.3. The number of aromatic nitrogens is 1. The third-order valence-electron chi connectivity index (χ3n) is 3.40. The Morgan fingerprint density at radius 2 is 2.11 bits per heavy atom. The molecule has 0 radical (unpaired) electrons. The number of hydrogen-bond acceptors (Lipinski definition) is 3. The number of fused-ring (bicyclic) bond motifs is 1. The predicted octanol–water partition coefficient (Wildman–Crippen LogP) is 5.38. The van der Waals surface area contributed by atoms with Crippen LogP contribution in [0.15, 0.2) is 18.2 Å². The minimum atomic E-state index is 0.513. The lowest BCUT2D eigenvalue weighted by Gasteiger charge is -2.12. The highest BCUT2D eigenvalue weighted by molar-refractivity contribution is 7.22. The quantitative estimate of drug-likeness (QED) is 0.687. The highest BCUT2D eigenvalue weighted by Gasteiger charge is 2.07. The van der Waals surface area contributed by atoms with Gasteiger partial charge in [0.2, 0.25) is 0 Å². The Labute approximate surface area is 120 Å². The molecule has 0 bridgehead atoms. The Kier molecular flexibility index (Phi) is 5.20. The van der Waals surface area contributed by atoms with Gasteiger partial charge in [0.15, 0.2) is 5.13 Å². The van der Waals surface area contributed by atoms with Crippen molar-refractivity contribution >= 4 is 26.7 Å². The maximum Gasteiger partial charge on any atom is 0.183 e. The molecule has 1 aromatic heterocycles. The third-order valence-corrected chi connectivity index (χ3v) is 4.35. The second-order valence-corrected chi connectivity index (χ2v) is 6.42. The maximum absolute atomic E-state index is 4.65. The molecule has 0 spiro atoms. The Hall–Kier alpha value is -1.09. The number of thiazole rings is 1. The van der Waals surface area contributed by atoms with Gasteiger partial charge in [-0.3, -0.25) is 0 Å². The van der Waals surface area contributed by atoms with Crippen LogP contribution in [0.1, 0.15) is 51.5 Å². The zero-order valence-corrected chi connectivity index (χ0v) is 13.0. The van der Waals surface area contributed by atoms with Crippen molar-refractivity contribution in [2.24, 2.45) is 0 Å². The second kappa shape index (κ2) is 6.90. The summed E-state index contributed by atoms with van der Waals surface area (Å²) in [6, 6.07) is 6.96. The molecule has 0 amide bonds. The molecule has 104 valence electrons. The van der Waals surface area contributed by atoms with Crippen LogP contribution in [0.25, 0.3) is 10.2 Å². The van der Waals surface area contributed by atoms with E-state index in [2.05, 4.69) is 49.3 Å². The zero-order chi connectivity index (χ0) is 13.7. The first-order valence-electron chi connectivity index (χ1n) is 7.32. The molecule has 0 saturated carbocycles. The van der Waals surface area contributed by atoms with E-state index in [1.54, 1.807) is 11.3 Å². The lowest BCUT2D eigenvalue weighted by molar-refractivity contribution is 0.594. The van der Waals surface area contributed by atoms with Crippen molar-refractivity contribution in [1.29, 1.82) is 0 Å². The molecule has 0 fully saturated rings. The van der Waals surface area contributed by atoms with Crippen LogP contribution in [-0.4, -0.2) is 11.0 Å². The fraction of sp³-hybridized carbons (Fsp3) is 0.562. The van der Waals surface area contributed by atoms with Crippen LogP contribution in [0.3, 0.4) is 0 Å². The number of nitrogens with zero attached hydrogens (tertiary/aromatic N) is 1. The van der Waals surface area contributed by atoms with Crippen molar-refractivity contribution in [1.82, 2.24) is 4.98 Å². The molecule has 0 aliphatic heterocycles. The first-order valence-corrected chi connectivity index (χ1v) is 8.14. The predicted molar refractivity (Wildman–Crippen MR) is 86.2 cm³/mol. The molecule has 1 N–H and O–H groups in total. The molecule has 2 rings (SSSR count). The number of nitrogens with one attached hydrogen (secondary N) is 1. The molecule has 19 heavy (non-hydrogen) atoms. The van der Waals surface area contributed by atoms with Gasteiger partial charge < -0.3 is 5.32 Å². The van der Waals surface area contributed by atoms with Crippen molar-refractivity contribution in [3.63, 3.8) is 0 Å². The number of aryl methyl sites for hydroxylation is 1. The minimum Gasteiger partial charge on any atom is -0.359 e.